The Kier molecular flexibility index (Phi) is 5.89. The largest absolute Gasteiger partial charge is 0.356 e. The van der Waals surface area contributed by atoms with Crippen molar-refractivity contribution in [1.29, 1.82) is 5.26 Å². The van der Waals surface area contributed by atoms with Crippen LogP contribution in [0.2, 0.25) is 0 Å². The van der Waals surface area contributed by atoms with Crippen molar-refractivity contribution in [3.8, 4) is 6.07 Å². The van der Waals surface area contributed by atoms with Gasteiger partial charge < -0.3 is 10.6 Å². The number of carbonyl (C=O) groups excluding carboxylic acids is 1. The number of nitrogens with zero attached hydrogens (tertiary/aromatic N) is 1. The summed E-state index contributed by atoms with van der Waals surface area (Å²) in [5, 5.41) is 14.9. The predicted molar refractivity (Wildman–Crippen MR) is 70.9 cm³/mol. The number of nitrogens with one attached hydrogen (secondary N) is 2. The molecule has 1 aromatic rings. The smallest absolute Gasteiger partial charge is 0.221 e. The molecule has 2 N–H and O–H groups in total. The summed E-state index contributed by atoms with van der Waals surface area (Å²) in [5.74, 6) is 0.0583. The Balaban J connectivity index is 2.43. The molecule has 0 aliphatic rings. The third-order valence-corrected chi connectivity index (χ3v) is 2.69. The van der Waals surface area contributed by atoms with Crippen LogP contribution in [0.3, 0.4) is 0 Å². The van der Waals surface area contributed by atoms with E-state index < -0.39 is 0 Å². The normalized spacial score (nSPS) is 11.6. The minimum Gasteiger partial charge on any atom is -0.356 e. The molecular weight excluding hydrogens is 226 g/mol. The lowest BCUT2D eigenvalue weighted by Crippen LogP contribution is -2.28. The van der Waals surface area contributed by atoms with Gasteiger partial charge >= 0.3 is 0 Å². The van der Waals surface area contributed by atoms with Crippen LogP contribution in [-0.4, -0.2) is 19.0 Å². The second-order valence-electron chi connectivity index (χ2n) is 4.12. The molecule has 1 amide bonds. The van der Waals surface area contributed by atoms with E-state index in [0.717, 1.165) is 5.56 Å². The zero-order valence-electron chi connectivity index (χ0n) is 10.9. The SMILES string of the molecule is CCNC(=O)CCNC(C)c1cccc(C#N)c1. The van der Waals surface area contributed by atoms with E-state index in [9.17, 15) is 4.79 Å². The van der Waals surface area contributed by atoms with Gasteiger partial charge in [0.25, 0.3) is 0 Å². The van der Waals surface area contributed by atoms with Gasteiger partial charge in [-0.3, -0.25) is 4.79 Å². The molecule has 0 radical (unpaired) electrons. The zero-order valence-corrected chi connectivity index (χ0v) is 10.9. The first-order valence-electron chi connectivity index (χ1n) is 6.17. The third kappa shape index (κ3) is 4.56. The first-order chi connectivity index (χ1) is 8.67. The number of rotatable bonds is 6. The molecule has 1 unspecified atom stereocenters. The lowest BCUT2D eigenvalue weighted by atomic mass is 10.1. The van der Waals surface area contributed by atoms with Crippen LogP contribution in [0.5, 0.6) is 0 Å². The summed E-state index contributed by atoms with van der Waals surface area (Å²) in [6.07, 6.45) is 0.468. The molecule has 0 saturated carbocycles. The molecule has 0 aliphatic heterocycles. The highest BCUT2D eigenvalue weighted by Crippen LogP contribution is 2.13. The van der Waals surface area contributed by atoms with Crippen molar-refractivity contribution in [2.45, 2.75) is 26.3 Å². The van der Waals surface area contributed by atoms with Crippen LogP contribution < -0.4 is 10.6 Å². The molecule has 1 aromatic carbocycles. The Morgan fingerprint density at radius 1 is 1.50 bits per heavy atom. The average molecular weight is 245 g/mol. The van der Waals surface area contributed by atoms with Crippen molar-refractivity contribution in [2.24, 2.45) is 0 Å². The summed E-state index contributed by atoms with van der Waals surface area (Å²) < 4.78 is 0. The molecule has 4 nitrogen and oxygen atoms in total. The molecular formula is C14H19N3O. The van der Waals surface area contributed by atoms with Gasteiger partial charge in [0.05, 0.1) is 11.6 Å². The molecule has 96 valence electrons. The minimum absolute atomic E-state index is 0.0583. The zero-order chi connectivity index (χ0) is 13.4. The highest BCUT2D eigenvalue weighted by molar-refractivity contribution is 5.75. The predicted octanol–water partition coefficient (Wildman–Crippen LogP) is 1.74. The number of nitriles is 1. The Hall–Kier alpha value is -1.86. The third-order valence-electron chi connectivity index (χ3n) is 2.69. The molecule has 0 heterocycles. The minimum atomic E-state index is 0.0583. The maximum Gasteiger partial charge on any atom is 0.221 e. The average Bonchev–Trinajstić information content (AvgIpc) is 2.39. The topological polar surface area (TPSA) is 64.9 Å². The number of amides is 1. The highest BCUT2D eigenvalue weighted by Gasteiger charge is 2.06. The van der Waals surface area contributed by atoms with E-state index >= 15 is 0 Å². The van der Waals surface area contributed by atoms with Crippen molar-refractivity contribution in [3.05, 3.63) is 35.4 Å². The van der Waals surface area contributed by atoms with Crippen LogP contribution in [0, 0.1) is 11.3 Å². The molecule has 4 heteroatoms. The summed E-state index contributed by atoms with van der Waals surface area (Å²) in [6.45, 7) is 5.22. The number of carbonyl (C=O) groups is 1. The van der Waals surface area contributed by atoms with Crippen LogP contribution in [0.25, 0.3) is 0 Å². The van der Waals surface area contributed by atoms with E-state index in [1.54, 1.807) is 6.07 Å². The van der Waals surface area contributed by atoms with Crippen molar-refractivity contribution in [3.63, 3.8) is 0 Å². The molecule has 0 aromatic heterocycles. The Bertz CT molecular complexity index is 437. The van der Waals surface area contributed by atoms with Crippen molar-refractivity contribution in [1.82, 2.24) is 10.6 Å². The van der Waals surface area contributed by atoms with E-state index in [4.69, 9.17) is 5.26 Å². The van der Waals surface area contributed by atoms with Crippen molar-refractivity contribution < 1.29 is 4.79 Å². The molecule has 1 atom stereocenters. The van der Waals surface area contributed by atoms with Gasteiger partial charge in [0, 0.05) is 25.6 Å². The van der Waals surface area contributed by atoms with Crippen molar-refractivity contribution in [2.75, 3.05) is 13.1 Å². The fourth-order valence-electron chi connectivity index (χ4n) is 1.68. The summed E-state index contributed by atoms with van der Waals surface area (Å²) in [5.41, 5.74) is 1.72. The first-order valence-corrected chi connectivity index (χ1v) is 6.17. The fraction of sp³-hybridized carbons (Fsp3) is 0.429. The molecule has 0 bridgehead atoms. The Morgan fingerprint density at radius 3 is 2.94 bits per heavy atom. The van der Waals surface area contributed by atoms with E-state index in [-0.39, 0.29) is 11.9 Å². The van der Waals surface area contributed by atoms with Gasteiger partial charge in [-0.1, -0.05) is 12.1 Å². The Morgan fingerprint density at radius 2 is 2.28 bits per heavy atom. The van der Waals surface area contributed by atoms with Gasteiger partial charge in [-0.2, -0.15) is 5.26 Å². The van der Waals surface area contributed by atoms with E-state index in [2.05, 4.69) is 16.7 Å². The molecule has 1 rings (SSSR count). The van der Waals surface area contributed by atoms with E-state index in [1.165, 1.54) is 0 Å². The second-order valence-corrected chi connectivity index (χ2v) is 4.12. The number of benzene rings is 1. The van der Waals surface area contributed by atoms with Gasteiger partial charge in [0.2, 0.25) is 5.91 Å². The van der Waals surface area contributed by atoms with Gasteiger partial charge in [-0.05, 0) is 31.5 Å². The highest BCUT2D eigenvalue weighted by atomic mass is 16.1. The van der Waals surface area contributed by atoms with Gasteiger partial charge in [-0.15, -0.1) is 0 Å². The van der Waals surface area contributed by atoms with E-state index in [0.29, 0.717) is 25.1 Å². The quantitative estimate of drug-likeness (QED) is 0.802. The monoisotopic (exact) mass is 245 g/mol. The van der Waals surface area contributed by atoms with E-state index in [1.807, 2.05) is 32.0 Å². The summed E-state index contributed by atoms with van der Waals surface area (Å²) >= 11 is 0. The summed E-state index contributed by atoms with van der Waals surface area (Å²) in [7, 11) is 0. The van der Waals surface area contributed by atoms with Crippen LogP contribution in [0.1, 0.15) is 37.4 Å². The molecule has 18 heavy (non-hydrogen) atoms. The van der Waals surface area contributed by atoms with Gasteiger partial charge in [0.1, 0.15) is 0 Å². The Labute approximate surface area is 108 Å². The molecule has 0 saturated heterocycles. The van der Waals surface area contributed by atoms with Crippen LogP contribution in [-0.2, 0) is 4.79 Å². The number of hydrogen-bond acceptors (Lipinski definition) is 3. The maximum atomic E-state index is 11.3. The van der Waals surface area contributed by atoms with Crippen LogP contribution >= 0.6 is 0 Å². The first kappa shape index (κ1) is 14.2. The molecule has 0 fully saturated rings. The lowest BCUT2D eigenvalue weighted by molar-refractivity contribution is -0.120. The van der Waals surface area contributed by atoms with Crippen molar-refractivity contribution >= 4 is 5.91 Å². The maximum absolute atomic E-state index is 11.3. The molecule has 0 spiro atoms. The summed E-state index contributed by atoms with van der Waals surface area (Å²) in [4.78, 5) is 11.3. The van der Waals surface area contributed by atoms with Gasteiger partial charge in [-0.25, -0.2) is 0 Å². The lowest BCUT2D eigenvalue weighted by Gasteiger charge is -2.14. The second kappa shape index (κ2) is 7.46. The van der Waals surface area contributed by atoms with Crippen LogP contribution in [0.15, 0.2) is 24.3 Å². The standard InChI is InChI=1S/C14H19N3O/c1-3-16-14(18)7-8-17-11(2)13-6-4-5-12(9-13)10-15/h4-6,9,11,17H,3,7-8H2,1-2H3,(H,16,18). The molecule has 0 aliphatic carbocycles. The summed E-state index contributed by atoms with van der Waals surface area (Å²) in [6, 6.07) is 9.75. The van der Waals surface area contributed by atoms with Gasteiger partial charge in [0.15, 0.2) is 0 Å². The number of hydrogen-bond donors (Lipinski definition) is 2. The fourth-order valence-corrected chi connectivity index (χ4v) is 1.68. The van der Waals surface area contributed by atoms with Crippen LogP contribution in [0.4, 0.5) is 0 Å².